The Morgan fingerprint density at radius 3 is 2.54 bits per heavy atom. The lowest BCUT2D eigenvalue weighted by molar-refractivity contribution is 0.0618. The van der Waals surface area contributed by atoms with Crippen LogP contribution in [0.5, 0.6) is 0 Å². The Kier molecular flexibility index (Phi) is 5.21. The van der Waals surface area contributed by atoms with E-state index in [0.717, 1.165) is 29.8 Å². The average Bonchev–Trinajstić information content (AvgIpc) is 3.19. The maximum atomic E-state index is 13.3. The number of aromatic nitrogens is 1. The van der Waals surface area contributed by atoms with Gasteiger partial charge in [-0.3, -0.25) is 9.69 Å². The molecule has 0 saturated carbocycles. The third kappa shape index (κ3) is 4.12. The second-order valence-corrected chi connectivity index (χ2v) is 7.14. The van der Waals surface area contributed by atoms with Crippen LogP contribution in [0.3, 0.4) is 0 Å². The Bertz CT molecular complexity index is 960. The molecule has 0 N–H and O–H groups in total. The molecular weight excluding hydrogens is 357 g/mol. The van der Waals surface area contributed by atoms with Gasteiger partial charge in [0.15, 0.2) is 11.5 Å². The quantitative estimate of drug-likeness (QED) is 0.693. The van der Waals surface area contributed by atoms with Crippen molar-refractivity contribution in [2.45, 2.75) is 13.5 Å². The van der Waals surface area contributed by atoms with Crippen molar-refractivity contribution in [2.75, 3.05) is 26.2 Å². The first-order valence-electron chi connectivity index (χ1n) is 9.38. The van der Waals surface area contributed by atoms with Gasteiger partial charge in [0.1, 0.15) is 5.82 Å². The fourth-order valence-corrected chi connectivity index (χ4v) is 3.39. The summed E-state index contributed by atoms with van der Waals surface area (Å²) in [5.41, 5.74) is 3.33. The molecule has 1 fully saturated rings. The Morgan fingerprint density at radius 2 is 1.82 bits per heavy atom. The molecule has 1 aliphatic rings. The van der Waals surface area contributed by atoms with E-state index in [1.807, 2.05) is 37.3 Å². The van der Waals surface area contributed by atoms with Crippen LogP contribution in [0.1, 0.15) is 21.6 Å². The van der Waals surface area contributed by atoms with Crippen LogP contribution >= 0.6 is 0 Å². The second kappa shape index (κ2) is 7.94. The molecule has 1 saturated heterocycles. The fraction of sp³-hybridized carbons (Fsp3) is 0.273. The highest BCUT2D eigenvalue weighted by Gasteiger charge is 2.24. The lowest BCUT2D eigenvalue weighted by Gasteiger charge is -2.34. The van der Waals surface area contributed by atoms with Gasteiger partial charge in [0.25, 0.3) is 5.91 Å². The molecule has 144 valence electrons. The predicted molar refractivity (Wildman–Crippen MR) is 104 cm³/mol. The zero-order valence-corrected chi connectivity index (χ0v) is 15.8. The molecule has 6 heteroatoms. The maximum absolute atomic E-state index is 13.3. The van der Waals surface area contributed by atoms with Gasteiger partial charge in [0.2, 0.25) is 0 Å². The number of amides is 1. The number of carbonyl (C=O) groups is 1. The first kappa shape index (κ1) is 18.4. The van der Waals surface area contributed by atoms with Gasteiger partial charge in [0.05, 0.1) is 0 Å². The summed E-state index contributed by atoms with van der Waals surface area (Å²) in [6.07, 6.45) is 0. The number of piperazine rings is 1. The number of halogens is 1. The van der Waals surface area contributed by atoms with Crippen molar-refractivity contribution in [2.24, 2.45) is 0 Å². The highest BCUT2D eigenvalue weighted by atomic mass is 19.1. The average molecular weight is 379 g/mol. The van der Waals surface area contributed by atoms with Gasteiger partial charge in [-0.25, -0.2) is 4.39 Å². The molecule has 2 aromatic carbocycles. The van der Waals surface area contributed by atoms with Crippen LogP contribution < -0.4 is 0 Å². The smallest absolute Gasteiger partial charge is 0.276 e. The predicted octanol–water partition coefficient (Wildman–Crippen LogP) is 3.75. The van der Waals surface area contributed by atoms with Gasteiger partial charge >= 0.3 is 0 Å². The molecule has 2 heterocycles. The Morgan fingerprint density at radius 1 is 1.07 bits per heavy atom. The molecule has 1 aromatic heterocycles. The van der Waals surface area contributed by atoms with E-state index in [1.54, 1.807) is 23.1 Å². The Balaban J connectivity index is 1.36. The van der Waals surface area contributed by atoms with E-state index in [-0.39, 0.29) is 11.7 Å². The molecular formula is C22H22FN3O2. The van der Waals surface area contributed by atoms with Crippen LogP contribution in [-0.2, 0) is 6.54 Å². The van der Waals surface area contributed by atoms with Gasteiger partial charge < -0.3 is 9.42 Å². The number of rotatable bonds is 4. The highest BCUT2D eigenvalue weighted by molar-refractivity contribution is 5.93. The van der Waals surface area contributed by atoms with Crippen LogP contribution in [0.15, 0.2) is 59.1 Å². The fourth-order valence-electron chi connectivity index (χ4n) is 3.39. The molecule has 0 atom stereocenters. The van der Waals surface area contributed by atoms with E-state index >= 15 is 0 Å². The van der Waals surface area contributed by atoms with Gasteiger partial charge in [-0.1, -0.05) is 47.1 Å². The number of hydrogen-bond acceptors (Lipinski definition) is 4. The number of carbonyl (C=O) groups excluding carboxylic acids is 1. The summed E-state index contributed by atoms with van der Waals surface area (Å²) >= 11 is 0. The minimum Gasteiger partial charge on any atom is -0.355 e. The summed E-state index contributed by atoms with van der Waals surface area (Å²) in [5, 5.41) is 3.97. The summed E-state index contributed by atoms with van der Waals surface area (Å²) in [6, 6.07) is 16.2. The van der Waals surface area contributed by atoms with Crippen molar-refractivity contribution < 1.29 is 13.7 Å². The van der Waals surface area contributed by atoms with Crippen LogP contribution in [-0.4, -0.2) is 47.0 Å². The molecule has 0 unspecified atom stereocenters. The summed E-state index contributed by atoms with van der Waals surface area (Å²) in [5.74, 6) is 0.252. The molecule has 0 radical (unpaired) electrons. The normalized spacial score (nSPS) is 15.0. The van der Waals surface area contributed by atoms with Crippen LogP contribution in [0.4, 0.5) is 4.39 Å². The third-order valence-corrected chi connectivity index (χ3v) is 5.02. The number of benzene rings is 2. The molecule has 0 aliphatic carbocycles. The molecule has 0 bridgehead atoms. The largest absolute Gasteiger partial charge is 0.355 e. The van der Waals surface area contributed by atoms with Crippen molar-refractivity contribution in [3.05, 3.63) is 77.2 Å². The van der Waals surface area contributed by atoms with E-state index in [1.165, 1.54) is 6.07 Å². The van der Waals surface area contributed by atoms with Crippen molar-refractivity contribution in [1.82, 2.24) is 15.0 Å². The van der Waals surface area contributed by atoms with Gasteiger partial charge in [-0.15, -0.1) is 0 Å². The first-order valence-corrected chi connectivity index (χ1v) is 9.38. The van der Waals surface area contributed by atoms with Crippen LogP contribution in [0, 0.1) is 12.7 Å². The van der Waals surface area contributed by atoms with E-state index in [9.17, 15) is 9.18 Å². The minimum absolute atomic E-state index is 0.118. The van der Waals surface area contributed by atoms with Gasteiger partial charge in [-0.2, -0.15) is 0 Å². The summed E-state index contributed by atoms with van der Waals surface area (Å²) < 4.78 is 18.7. The lowest BCUT2D eigenvalue weighted by Crippen LogP contribution is -2.48. The lowest BCUT2D eigenvalue weighted by atomic mass is 10.1. The molecule has 1 amide bonds. The topological polar surface area (TPSA) is 49.6 Å². The number of nitrogens with zero attached hydrogens (tertiary/aromatic N) is 3. The monoisotopic (exact) mass is 379 g/mol. The van der Waals surface area contributed by atoms with Gasteiger partial charge in [-0.05, 0) is 24.6 Å². The minimum atomic E-state index is -0.221. The SMILES string of the molecule is Cc1ccc(-c2cc(C(=O)N3CCN(Cc4cccc(F)c4)CC3)no2)cc1. The summed E-state index contributed by atoms with van der Waals surface area (Å²) in [7, 11) is 0. The zero-order valence-electron chi connectivity index (χ0n) is 15.8. The highest BCUT2D eigenvalue weighted by Crippen LogP contribution is 2.22. The van der Waals surface area contributed by atoms with Crippen molar-refractivity contribution in [1.29, 1.82) is 0 Å². The number of aryl methyl sites for hydroxylation is 1. The molecule has 1 aliphatic heterocycles. The molecule has 0 spiro atoms. The zero-order chi connectivity index (χ0) is 19.5. The van der Waals surface area contributed by atoms with E-state index < -0.39 is 0 Å². The standard InChI is InChI=1S/C22H22FN3O2/c1-16-5-7-18(8-6-16)21-14-20(24-28-21)22(27)26-11-9-25(10-12-26)15-17-3-2-4-19(23)13-17/h2-8,13-14H,9-12,15H2,1H3. The molecule has 4 rings (SSSR count). The van der Waals surface area contributed by atoms with Gasteiger partial charge in [0, 0.05) is 44.4 Å². The first-order chi connectivity index (χ1) is 13.6. The van der Waals surface area contributed by atoms with E-state index in [0.29, 0.717) is 31.1 Å². The summed E-state index contributed by atoms with van der Waals surface area (Å²) in [6.45, 7) is 5.41. The molecule has 28 heavy (non-hydrogen) atoms. The Hall–Kier alpha value is -2.99. The third-order valence-electron chi connectivity index (χ3n) is 5.02. The molecule has 5 nitrogen and oxygen atoms in total. The van der Waals surface area contributed by atoms with Crippen LogP contribution in [0.25, 0.3) is 11.3 Å². The van der Waals surface area contributed by atoms with E-state index in [4.69, 9.17) is 4.52 Å². The van der Waals surface area contributed by atoms with Crippen LogP contribution in [0.2, 0.25) is 0 Å². The summed E-state index contributed by atoms with van der Waals surface area (Å²) in [4.78, 5) is 16.8. The van der Waals surface area contributed by atoms with Crippen molar-refractivity contribution >= 4 is 5.91 Å². The molecule has 3 aromatic rings. The Labute approximate surface area is 163 Å². The maximum Gasteiger partial charge on any atom is 0.276 e. The second-order valence-electron chi connectivity index (χ2n) is 7.14. The van der Waals surface area contributed by atoms with E-state index in [2.05, 4.69) is 10.1 Å². The van der Waals surface area contributed by atoms with Crippen molar-refractivity contribution in [3.8, 4) is 11.3 Å². The van der Waals surface area contributed by atoms with Crippen molar-refractivity contribution in [3.63, 3.8) is 0 Å². The number of hydrogen-bond donors (Lipinski definition) is 0.